The van der Waals surface area contributed by atoms with Crippen molar-refractivity contribution in [2.24, 2.45) is 0 Å². The van der Waals surface area contributed by atoms with Crippen LogP contribution < -0.4 is 10.2 Å². The number of anilines is 1. The first-order valence-electron chi connectivity index (χ1n) is 8.12. The fraction of sp³-hybridized carbons (Fsp3) is 0.500. The van der Waals surface area contributed by atoms with Crippen LogP contribution >= 0.6 is 11.3 Å². The fourth-order valence-electron chi connectivity index (χ4n) is 2.70. The second-order valence-electron chi connectivity index (χ2n) is 5.77. The Morgan fingerprint density at radius 3 is 2.62 bits per heavy atom. The molecule has 0 unspecified atom stereocenters. The van der Waals surface area contributed by atoms with Gasteiger partial charge in [0.15, 0.2) is 0 Å². The van der Waals surface area contributed by atoms with Gasteiger partial charge in [0.25, 0.3) is 0 Å². The molecule has 0 aliphatic carbocycles. The van der Waals surface area contributed by atoms with Crippen LogP contribution in [-0.4, -0.2) is 65.0 Å². The predicted octanol–water partition coefficient (Wildman–Crippen LogP) is 0.722. The van der Waals surface area contributed by atoms with Gasteiger partial charge < -0.3 is 10.2 Å². The van der Waals surface area contributed by atoms with Crippen LogP contribution in [0.25, 0.3) is 0 Å². The topological polar surface area (TPSA) is 74.2 Å². The van der Waals surface area contributed by atoms with Gasteiger partial charge in [0.2, 0.25) is 11.9 Å². The number of aryl methyl sites for hydroxylation is 1. The standard InChI is InChI=1S/C16H22N6OS/c1-13-14(24-12-20-13)3-6-17-15(23)11-21-7-9-22(10-8-21)16-18-4-2-5-19-16/h2,4-5,12H,3,6-11H2,1H3,(H,17,23). The van der Waals surface area contributed by atoms with Crippen molar-refractivity contribution in [2.75, 3.05) is 44.2 Å². The molecule has 0 aromatic carbocycles. The van der Waals surface area contributed by atoms with Gasteiger partial charge in [-0.15, -0.1) is 11.3 Å². The molecule has 1 aliphatic rings. The van der Waals surface area contributed by atoms with E-state index in [1.165, 1.54) is 4.88 Å². The molecule has 8 heteroatoms. The summed E-state index contributed by atoms with van der Waals surface area (Å²) in [7, 11) is 0. The summed E-state index contributed by atoms with van der Waals surface area (Å²) in [4.78, 5) is 30.4. The Balaban J connectivity index is 1.36. The lowest BCUT2D eigenvalue weighted by Crippen LogP contribution is -2.50. The van der Waals surface area contributed by atoms with Gasteiger partial charge in [0, 0.05) is 56.4 Å². The maximum atomic E-state index is 12.1. The molecule has 128 valence electrons. The van der Waals surface area contributed by atoms with Crippen molar-refractivity contribution in [2.45, 2.75) is 13.3 Å². The Bertz CT molecular complexity index is 654. The lowest BCUT2D eigenvalue weighted by Gasteiger charge is -2.34. The predicted molar refractivity (Wildman–Crippen MR) is 94.2 cm³/mol. The molecule has 3 heterocycles. The smallest absolute Gasteiger partial charge is 0.234 e. The van der Waals surface area contributed by atoms with E-state index in [1.807, 2.05) is 18.5 Å². The summed E-state index contributed by atoms with van der Waals surface area (Å²) >= 11 is 1.64. The highest BCUT2D eigenvalue weighted by Gasteiger charge is 2.20. The number of hydrogen-bond acceptors (Lipinski definition) is 7. The van der Waals surface area contributed by atoms with Crippen LogP contribution in [0.3, 0.4) is 0 Å². The van der Waals surface area contributed by atoms with Crippen LogP contribution in [0.5, 0.6) is 0 Å². The second kappa shape index (κ2) is 8.16. The van der Waals surface area contributed by atoms with Crippen molar-refractivity contribution in [1.29, 1.82) is 0 Å². The van der Waals surface area contributed by atoms with Gasteiger partial charge in [-0.05, 0) is 13.0 Å². The molecule has 0 saturated carbocycles. The van der Waals surface area contributed by atoms with E-state index in [2.05, 4.69) is 30.1 Å². The zero-order valence-electron chi connectivity index (χ0n) is 13.8. The van der Waals surface area contributed by atoms with Gasteiger partial charge in [-0.25, -0.2) is 15.0 Å². The first kappa shape index (κ1) is 16.8. The lowest BCUT2D eigenvalue weighted by molar-refractivity contribution is -0.122. The summed E-state index contributed by atoms with van der Waals surface area (Å²) in [5.74, 6) is 0.850. The molecule has 0 radical (unpaired) electrons. The van der Waals surface area contributed by atoms with Crippen LogP contribution in [0, 0.1) is 6.92 Å². The third-order valence-corrected chi connectivity index (χ3v) is 5.09. The van der Waals surface area contributed by atoms with E-state index >= 15 is 0 Å². The van der Waals surface area contributed by atoms with Gasteiger partial charge in [0.1, 0.15) is 0 Å². The van der Waals surface area contributed by atoms with E-state index in [9.17, 15) is 4.79 Å². The normalized spacial score (nSPS) is 15.5. The van der Waals surface area contributed by atoms with Gasteiger partial charge in [0.05, 0.1) is 17.7 Å². The maximum absolute atomic E-state index is 12.1. The molecular formula is C16H22N6OS. The average Bonchev–Trinajstić information content (AvgIpc) is 3.01. The molecule has 0 atom stereocenters. The first-order valence-corrected chi connectivity index (χ1v) is 9.00. The molecule has 7 nitrogen and oxygen atoms in total. The highest BCUT2D eigenvalue weighted by molar-refractivity contribution is 7.09. The largest absolute Gasteiger partial charge is 0.355 e. The third kappa shape index (κ3) is 4.48. The zero-order chi connectivity index (χ0) is 16.8. The molecule has 1 fully saturated rings. The van der Waals surface area contributed by atoms with Crippen molar-refractivity contribution in [3.8, 4) is 0 Å². The number of nitrogens with zero attached hydrogens (tertiary/aromatic N) is 5. The van der Waals surface area contributed by atoms with Gasteiger partial charge in [-0.2, -0.15) is 0 Å². The van der Waals surface area contributed by atoms with Gasteiger partial charge in [-0.3, -0.25) is 9.69 Å². The molecule has 2 aromatic heterocycles. The Morgan fingerprint density at radius 2 is 1.96 bits per heavy atom. The van der Waals surface area contributed by atoms with Crippen LogP contribution in [-0.2, 0) is 11.2 Å². The molecule has 1 amide bonds. The fourth-order valence-corrected chi connectivity index (χ4v) is 3.48. The van der Waals surface area contributed by atoms with Crippen LogP contribution in [0.1, 0.15) is 10.6 Å². The number of amides is 1. The number of carbonyl (C=O) groups is 1. The number of rotatable bonds is 6. The zero-order valence-corrected chi connectivity index (χ0v) is 14.6. The van der Waals surface area contributed by atoms with Crippen molar-refractivity contribution < 1.29 is 4.79 Å². The SMILES string of the molecule is Cc1ncsc1CCNC(=O)CN1CCN(c2ncccn2)CC1. The van der Waals surface area contributed by atoms with Crippen LogP contribution in [0.15, 0.2) is 24.0 Å². The van der Waals surface area contributed by atoms with E-state index in [0.29, 0.717) is 13.1 Å². The lowest BCUT2D eigenvalue weighted by atomic mass is 10.3. The van der Waals surface area contributed by atoms with Crippen molar-refractivity contribution in [3.05, 3.63) is 34.5 Å². The molecule has 1 N–H and O–H groups in total. The molecule has 1 aliphatic heterocycles. The first-order chi connectivity index (χ1) is 11.7. The van der Waals surface area contributed by atoms with Gasteiger partial charge >= 0.3 is 0 Å². The Kier molecular flexibility index (Phi) is 5.71. The van der Waals surface area contributed by atoms with E-state index in [4.69, 9.17) is 0 Å². The van der Waals surface area contributed by atoms with Crippen molar-refractivity contribution in [1.82, 2.24) is 25.2 Å². The summed E-state index contributed by atoms with van der Waals surface area (Å²) < 4.78 is 0. The minimum atomic E-state index is 0.0848. The number of thiazole rings is 1. The Hall–Kier alpha value is -2.06. The summed E-state index contributed by atoms with van der Waals surface area (Å²) in [5, 5.41) is 3.00. The monoisotopic (exact) mass is 346 g/mol. The number of aromatic nitrogens is 3. The van der Waals surface area contributed by atoms with Gasteiger partial charge in [-0.1, -0.05) is 0 Å². The second-order valence-corrected chi connectivity index (χ2v) is 6.71. The minimum Gasteiger partial charge on any atom is -0.355 e. The van der Waals surface area contributed by atoms with E-state index in [0.717, 1.165) is 44.2 Å². The third-order valence-electron chi connectivity index (χ3n) is 4.09. The quantitative estimate of drug-likeness (QED) is 0.831. The van der Waals surface area contributed by atoms with E-state index in [1.54, 1.807) is 23.7 Å². The highest BCUT2D eigenvalue weighted by atomic mass is 32.1. The molecule has 3 rings (SSSR count). The molecule has 0 bridgehead atoms. The van der Waals surface area contributed by atoms with Crippen molar-refractivity contribution in [3.63, 3.8) is 0 Å². The highest BCUT2D eigenvalue weighted by Crippen LogP contribution is 2.12. The number of hydrogen-bond donors (Lipinski definition) is 1. The van der Waals surface area contributed by atoms with Crippen LogP contribution in [0.2, 0.25) is 0 Å². The Labute approximate surface area is 145 Å². The number of nitrogens with one attached hydrogen (secondary N) is 1. The maximum Gasteiger partial charge on any atom is 0.234 e. The van der Waals surface area contributed by atoms with E-state index in [-0.39, 0.29) is 5.91 Å². The molecule has 0 spiro atoms. The number of piperazine rings is 1. The summed E-state index contributed by atoms with van der Waals surface area (Å²) in [6, 6.07) is 1.82. The van der Waals surface area contributed by atoms with E-state index < -0.39 is 0 Å². The number of carbonyl (C=O) groups excluding carboxylic acids is 1. The summed E-state index contributed by atoms with van der Waals surface area (Å²) in [6.45, 7) is 6.50. The van der Waals surface area contributed by atoms with Crippen LogP contribution in [0.4, 0.5) is 5.95 Å². The molecule has 1 saturated heterocycles. The minimum absolute atomic E-state index is 0.0848. The molecular weight excluding hydrogens is 324 g/mol. The molecule has 24 heavy (non-hydrogen) atoms. The van der Waals surface area contributed by atoms with Crippen molar-refractivity contribution >= 4 is 23.2 Å². The summed E-state index contributed by atoms with van der Waals surface area (Å²) in [6.07, 6.45) is 4.36. The Morgan fingerprint density at radius 1 is 1.21 bits per heavy atom. The average molecular weight is 346 g/mol. The summed E-state index contributed by atoms with van der Waals surface area (Å²) in [5.41, 5.74) is 2.91. The molecule has 2 aromatic rings.